The fraction of sp³-hybridized carbons (Fsp3) is 0.600. The number of carbonyl (C=O) groups excluding carboxylic acids is 2. The standard InChI is InChI=1S/C20H29N3O2/c1-16(17-6-3-2-4-7-17)14-18(24)22-10-12-23(13-11-22)19(25)15-20(21)8-5-9-20/h2-4,6-7,16H,5,8-15,21H2,1H3/t16-/m0/s1. The maximum atomic E-state index is 12.5. The average Bonchev–Trinajstić information content (AvgIpc) is 2.61. The molecule has 1 aromatic carbocycles. The molecular formula is C20H29N3O2. The molecule has 3 rings (SSSR count). The lowest BCUT2D eigenvalue weighted by Gasteiger charge is -2.41. The molecule has 25 heavy (non-hydrogen) atoms. The second-order valence-electron chi connectivity index (χ2n) is 7.67. The molecule has 0 spiro atoms. The van der Waals surface area contributed by atoms with Crippen LogP contribution in [0, 0.1) is 0 Å². The van der Waals surface area contributed by atoms with Crippen LogP contribution in [0.15, 0.2) is 30.3 Å². The van der Waals surface area contributed by atoms with Crippen molar-refractivity contribution in [3.63, 3.8) is 0 Å². The molecule has 5 heteroatoms. The highest BCUT2D eigenvalue weighted by atomic mass is 16.2. The fourth-order valence-electron chi connectivity index (χ4n) is 3.72. The summed E-state index contributed by atoms with van der Waals surface area (Å²) >= 11 is 0. The van der Waals surface area contributed by atoms with E-state index >= 15 is 0 Å². The monoisotopic (exact) mass is 343 g/mol. The molecule has 1 aliphatic carbocycles. The lowest BCUT2D eigenvalue weighted by molar-refractivity contribution is -0.140. The van der Waals surface area contributed by atoms with Crippen LogP contribution in [0.5, 0.6) is 0 Å². The third-order valence-electron chi connectivity index (χ3n) is 5.69. The maximum Gasteiger partial charge on any atom is 0.224 e. The van der Waals surface area contributed by atoms with Crippen molar-refractivity contribution in [3.05, 3.63) is 35.9 Å². The van der Waals surface area contributed by atoms with Gasteiger partial charge in [-0.05, 0) is 30.7 Å². The second kappa shape index (κ2) is 7.56. The summed E-state index contributed by atoms with van der Waals surface area (Å²) in [6.07, 6.45) is 4.00. The molecule has 0 aromatic heterocycles. The van der Waals surface area contributed by atoms with E-state index in [1.165, 1.54) is 5.56 Å². The van der Waals surface area contributed by atoms with Gasteiger partial charge in [-0.1, -0.05) is 37.3 Å². The van der Waals surface area contributed by atoms with Crippen LogP contribution < -0.4 is 5.73 Å². The Bertz CT molecular complexity index is 605. The van der Waals surface area contributed by atoms with Crippen LogP contribution in [-0.4, -0.2) is 53.3 Å². The van der Waals surface area contributed by atoms with Gasteiger partial charge in [-0.25, -0.2) is 0 Å². The quantitative estimate of drug-likeness (QED) is 0.890. The van der Waals surface area contributed by atoms with Crippen molar-refractivity contribution < 1.29 is 9.59 Å². The van der Waals surface area contributed by atoms with Crippen molar-refractivity contribution in [2.24, 2.45) is 5.73 Å². The van der Waals surface area contributed by atoms with Crippen LogP contribution in [0.25, 0.3) is 0 Å². The number of nitrogens with two attached hydrogens (primary N) is 1. The molecule has 1 aliphatic heterocycles. The van der Waals surface area contributed by atoms with Gasteiger partial charge in [-0.2, -0.15) is 0 Å². The number of nitrogens with zero attached hydrogens (tertiary/aromatic N) is 2. The first kappa shape index (κ1) is 17.9. The van der Waals surface area contributed by atoms with Crippen LogP contribution in [0.2, 0.25) is 0 Å². The first-order chi connectivity index (χ1) is 12.0. The first-order valence-corrected chi connectivity index (χ1v) is 9.36. The summed E-state index contributed by atoms with van der Waals surface area (Å²) in [5.41, 5.74) is 7.11. The van der Waals surface area contributed by atoms with Gasteiger partial charge in [0.1, 0.15) is 0 Å². The Balaban J connectivity index is 1.45. The summed E-state index contributed by atoms with van der Waals surface area (Å²) in [4.78, 5) is 28.7. The van der Waals surface area contributed by atoms with E-state index in [1.807, 2.05) is 28.0 Å². The Morgan fingerprint density at radius 3 is 2.12 bits per heavy atom. The SMILES string of the molecule is C[C@@H](CC(=O)N1CCN(C(=O)CC2(N)CCC2)CC1)c1ccccc1. The van der Waals surface area contributed by atoms with E-state index < -0.39 is 0 Å². The van der Waals surface area contributed by atoms with Gasteiger partial charge in [0, 0.05) is 44.6 Å². The lowest BCUT2D eigenvalue weighted by atomic mass is 9.75. The van der Waals surface area contributed by atoms with E-state index in [0.717, 1.165) is 19.3 Å². The van der Waals surface area contributed by atoms with E-state index in [2.05, 4.69) is 19.1 Å². The van der Waals surface area contributed by atoms with Gasteiger partial charge < -0.3 is 15.5 Å². The lowest BCUT2D eigenvalue weighted by Crippen LogP contribution is -2.55. The predicted molar refractivity (Wildman–Crippen MR) is 98.0 cm³/mol. The molecule has 2 aliphatic rings. The number of benzene rings is 1. The molecule has 5 nitrogen and oxygen atoms in total. The third-order valence-corrected chi connectivity index (χ3v) is 5.69. The van der Waals surface area contributed by atoms with Crippen molar-refractivity contribution in [2.75, 3.05) is 26.2 Å². The molecule has 0 radical (unpaired) electrons. The largest absolute Gasteiger partial charge is 0.339 e. The molecule has 2 fully saturated rings. The zero-order valence-electron chi connectivity index (χ0n) is 15.1. The van der Waals surface area contributed by atoms with E-state index in [0.29, 0.717) is 39.0 Å². The number of hydrogen-bond donors (Lipinski definition) is 1. The van der Waals surface area contributed by atoms with Gasteiger partial charge in [0.25, 0.3) is 0 Å². The van der Waals surface area contributed by atoms with Crippen molar-refractivity contribution in [1.29, 1.82) is 0 Å². The molecule has 136 valence electrons. The molecule has 1 saturated heterocycles. The third kappa shape index (κ3) is 4.40. The average molecular weight is 343 g/mol. The minimum Gasteiger partial charge on any atom is -0.339 e. The van der Waals surface area contributed by atoms with Crippen molar-refractivity contribution in [3.8, 4) is 0 Å². The molecule has 1 heterocycles. The van der Waals surface area contributed by atoms with E-state index in [9.17, 15) is 9.59 Å². The molecular weight excluding hydrogens is 314 g/mol. The van der Waals surface area contributed by atoms with Crippen molar-refractivity contribution in [2.45, 2.75) is 50.5 Å². The molecule has 1 aromatic rings. The van der Waals surface area contributed by atoms with Crippen LogP contribution in [0.1, 0.15) is 50.5 Å². The number of amides is 2. The summed E-state index contributed by atoms with van der Waals surface area (Å²) in [6.45, 7) is 4.60. The smallest absolute Gasteiger partial charge is 0.224 e. The van der Waals surface area contributed by atoms with Gasteiger partial charge in [0.15, 0.2) is 0 Å². The van der Waals surface area contributed by atoms with Crippen LogP contribution in [-0.2, 0) is 9.59 Å². The first-order valence-electron chi connectivity index (χ1n) is 9.36. The van der Waals surface area contributed by atoms with Crippen molar-refractivity contribution in [1.82, 2.24) is 9.80 Å². The van der Waals surface area contributed by atoms with Gasteiger partial charge in [0.2, 0.25) is 11.8 Å². The van der Waals surface area contributed by atoms with Gasteiger partial charge >= 0.3 is 0 Å². The Labute approximate surface area is 150 Å². The van der Waals surface area contributed by atoms with E-state index in [-0.39, 0.29) is 23.3 Å². The second-order valence-corrected chi connectivity index (χ2v) is 7.67. The van der Waals surface area contributed by atoms with Crippen molar-refractivity contribution >= 4 is 11.8 Å². The van der Waals surface area contributed by atoms with E-state index in [4.69, 9.17) is 5.73 Å². The summed E-state index contributed by atoms with van der Waals surface area (Å²) in [7, 11) is 0. The number of carbonyl (C=O) groups is 2. The summed E-state index contributed by atoms with van der Waals surface area (Å²) < 4.78 is 0. The van der Waals surface area contributed by atoms with Gasteiger partial charge in [-0.3, -0.25) is 9.59 Å². The van der Waals surface area contributed by atoms with Crippen LogP contribution in [0.3, 0.4) is 0 Å². The number of rotatable bonds is 5. The summed E-state index contributed by atoms with van der Waals surface area (Å²) in [5, 5.41) is 0. The Hall–Kier alpha value is -1.88. The molecule has 0 bridgehead atoms. The van der Waals surface area contributed by atoms with Crippen LogP contribution in [0.4, 0.5) is 0 Å². The molecule has 1 saturated carbocycles. The number of hydrogen-bond acceptors (Lipinski definition) is 3. The topological polar surface area (TPSA) is 66.6 Å². The molecule has 2 N–H and O–H groups in total. The maximum absolute atomic E-state index is 12.5. The summed E-state index contributed by atoms with van der Waals surface area (Å²) in [5.74, 6) is 0.536. The van der Waals surface area contributed by atoms with Crippen LogP contribution >= 0.6 is 0 Å². The van der Waals surface area contributed by atoms with Gasteiger partial charge in [0.05, 0.1) is 0 Å². The van der Waals surface area contributed by atoms with Gasteiger partial charge in [-0.15, -0.1) is 0 Å². The zero-order valence-corrected chi connectivity index (χ0v) is 15.1. The Morgan fingerprint density at radius 2 is 1.60 bits per heavy atom. The number of piperazine rings is 1. The highest BCUT2D eigenvalue weighted by molar-refractivity contribution is 5.79. The highest BCUT2D eigenvalue weighted by Crippen LogP contribution is 2.32. The Morgan fingerprint density at radius 1 is 1.04 bits per heavy atom. The summed E-state index contributed by atoms with van der Waals surface area (Å²) in [6, 6.07) is 10.1. The predicted octanol–water partition coefficient (Wildman–Crippen LogP) is 2.12. The van der Waals surface area contributed by atoms with E-state index in [1.54, 1.807) is 0 Å². The molecule has 2 amide bonds. The highest BCUT2D eigenvalue weighted by Gasteiger charge is 2.36. The Kier molecular flexibility index (Phi) is 5.42. The minimum absolute atomic E-state index is 0.145. The normalized spacial score (nSPS) is 20.7. The minimum atomic E-state index is -0.269. The zero-order chi connectivity index (χ0) is 17.9. The molecule has 0 unspecified atom stereocenters. The molecule has 1 atom stereocenters. The fourth-order valence-corrected chi connectivity index (χ4v) is 3.72.